The third-order valence-electron chi connectivity index (χ3n) is 5.16. The van der Waals surface area contributed by atoms with Crippen molar-refractivity contribution in [3.8, 4) is 0 Å². The predicted molar refractivity (Wildman–Crippen MR) is 86.8 cm³/mol. The lowest BCUT2D eigenvalue weighted by molar-refractivity contribution is -0.140. The molecule has 1 aromatic rings. The number of likely N-dealkylation sites (tertiary alicyclic amines) is 2. The predicted octanol–water partition coefficient (Wildman–Crippen LogP) is 1.80. The maximum Gasteiger partial charge on any atom is 0.259 e. The van der Waals surface area contributed by atoms with E-state index in [0.29, 0.717) is 45.3 Å². The summed E-state index contributed by atoms with van der Waals surface area (Å²) >= 11 is 0. The van der Waals surface area contributed by atoms with Crippen molar-refractivity contribution in [2.45, 2.75) is 31.7 Å². The minimum atomic E-state index is -0.851. The zero-order chi connectivity index (χ0) is 18.0. The third-order valence-corrected chi connectivity index (χ3v) is 5.16. The van der Waals surface area contributed by atoms with Crippen LogP contribution in [0.2, 0.25) is 0 Å². The number of fused-ring (bicyclic) bond motifs is 1. The van der Waals surface area contributed by atoms with Gasteiger partial charge in [0.05, 0.1) is 0 Å². The van der Waals surface area contributed by atoms with E-state index in [0.717, 1.165) is 12.1 Å². The highest BCUT2D eigenvalue weighted by molar-refractivity contribution is 5.95. The summed E-state index contributed by atoms with van der Waals surface area (Å²) in [5, 5.41) is 9.01. The summed E-state index contributed by atoms with van der Waals surface area (Å²) in [6.07, 6.45) is 2.19. The number of aliphatic hydroxyl groups is 1. The number of benzene rings is 1. The van der Waals surface area contributed by atoms with Crippen molar-refractivity contribution < 1.29 is 23.5 Å². The SMILES string of the molecule is O=C(c1c(F)cccc1F)N1CC[C@@H]2[C@@H](CCC(=O)N2CCCO)C1. The Balaban J connectivity index is 1.73. The molecule has 2 amide bonds. The molecule has 1 aromatic carbocycles. The third kappa shape index (κ3) is 3.51. The van der Waals surface area contributed by atoms with Crippen LogP contribution in [0.5, 0.6) is 0 Å². The van der Waals surface area contributed by atoms with E-state index in [1.807, 2.05) is 0 Å². The lowest BCUT2D eigenvalue weighted by Crippen LogP contribution is -2.57. The Kier molecular flexibility index (Phi) is 5.32. The second-order valence-corrected chi connectivity index (χ2v) is 6.67. The second-order valence-electron chi connectivity index (χ2n) is 6.67. The number of aliphatic hydroxyl groups excluding tert-OH is 1. The van der Waals surface area contributed by atoms with Gasteiger partial charge in [-0.15, -0.1) is 0 Å². The van der Waals surface area contributed by atoms with Gasteiger partial charge in [-0.25, -0.2) is 8.78 Å². The fourth-order valence-electron chi connectivity index (χ4n) is 3.93. The van der Waals surface area contributed by atoms with E-state index in [9.17, 15) is 18.4 Å². The maximum absolute atomic E-state index is 13.9. The normalized spacial score (nSPS) is 23.6. The Morgan fingerprint density at radius 2 is 1.96 bits per heavy atom. The van der Waals surface area contributed by atoms with Gasteiger partial charge in [0.2, 0.25) is 5.91 Å². The van der Waals surface area contributed by atoms with Crippen LogP contribution in [0.15, 0.2) is 18.2 Å². The van der Waals surface area contributed by atoms with E-state index >= 15 is 0 Å². The van der Waals surface area contributed by atoms with E-state index in [1.54, 1.807) is 4.90 Å². The molecule has 2 heterocycles. The summed E-state index contributed by atoms with van der Waals surface area (Å²) < 4.78 is 27.8. The molecule has 0 saturated carbocycles. The standard InChI is InChI=1S/C18H22F2N2O3/c19-13-3-1-4-14(20)17(13)18(25)21-9-7-15-12(11-21)5-6-16(24)22(15)8-2-10-23/h1,3-4,12,15,23H,2,5-11H2/t12-,15+/m0/s1. The molecule has 2 saturated heterocycles. The van der Waals surface area contributed by atoms with Gasteiger partial charge in [-0.2, -0.15) is 0 Å². The highest BCUT2D eigenvalue weighted by Crippen LogP contribution is 2.32. The highest BCUT2D eigenvalue weighted by Gasteiger charge is 2.40. The number of carbonyl (C=O) groups excluding carboxylic acids is 2. The van der Waals surface area contributed by atoms with E-state index < -0.39 is 23.1 Å². The Morgan fingerprint density at radius 3 is 2.64 bits per heavy atom. The molecule has 2 aliphatic rings. The first-order valence-corrected chi connectivity index (χ1v) is 8.66. The van der Waals surface area contributed by atoms with Crippen LogP contribution in [0.4, 0.5) is 8.78 Å². The number of amides is 2. The summed E-state index contributed by atoms with van der Waals surface area (Å²) in [4.78, 5) is 28.0. The van der Waals surface area contributed by atoms with Gasteiger partial charge in [-0.1, -0.05) is 6.07 Å². The van der Waals surface area contributed by atoms with E-state index in [4.69, 9.17) is 5.11 Å². The van der Waals surface area contributed by atoms with E-state index in [2.05, 4.69) is 0 Å². The molecule has 0 bridgehead atoms. The zero-order valence-corrected chi connectivity index (χ0v) is 14.0. The van der Waals surface area contributed by atoms with Crippen LogP contribution in [-0.2, 0) is 4.79 Å². The van der Waals surface area contributed by atoms with Crippen LogP contribution < -0.4 is 0 Å². The van der Waals surface area contributed by atoms with Gasteiger partial charge in [0.1, 0.15) is 17.2 Å². The molecular formula is C18H22F2N2O3. The van der Waals surface area contributed by atoms with Crippen LogP contribution >= 0.6 is 0 Å². The monoisotopic (exact) mass is 352 g/mol. The van der Waals surface area contributed by atoms with Crippen molar-refractivity contribution in [1.29, 1.82) is 0 Å². The molecule has 2 aliphatic heterocycles. The van der Waals surface area contributed by atoms with Crippen molar-refractivity contribution in [1.82, 2.24) is 9.80 Å². The number of hydrogen-bond acceptors (Lipinski definition) is 3. The van der Waals surface area contributed by atoms with Gasteiger partial charge < -0.3 is 14.9 Å². The molecule has 0 unspecified atom stereocenters. The van der Waals surface area contributed by atoms with Crippen molar-refractivity contribution in [2.24, 2.45) is 5.92 Å². The molecule has 3 rings (SSSR count). The molecule has 0 radical (unpaired) electrons. The van der Waals surface area contributed by atoms with Gasteiger partial charge in [0.25, 0.3) is 5.91 Å². The fourth-order valence-corrected chi connectivity index (χ4v) is 3.93. The summed E-state index contributed by atoms with van der Waals surface area (Å²) in [5.41, 5.74) is -0.509. The van der Waals surface area contributed by atoms with Crippen LogP contribution in [0.3, 0.4) is 0 Å². The summed E-state index contributed by atoms with van der Waals surface area (Å²) in [7, 11) is 0. The van der Waals surface area contributed by atoms with Crippen molar-refractivity contribution in [2.75, 3.05) is 26.2 Å². The molecule has 0 aromatic heterocycles. The van der Waals surface area contributed by atoms with Crippen LogP contribution in [0.1, 0.15) is 36.0 Å². The lowest BCUT2D eigenvalue weighted by atomic mass is 9.83. The zero-order valence-electron chi connectivity index (χ0n) is 14.0. The second kappa shape index (κ2) is 7.47. The number of carbonyl (C=O) groups is 2. The Morgan fingerprint density at radius 1 is 1.24 bits per heavy atom. The number of hydrogen-bond donors (Lipinski definition) is 1. The number of piperidine rings is 2. The number of rotatable bonds is 4. The Hall–Kier alpha value is -2.02. The van der Waals surface area contributed by atoms with Gasteiger partial charge in [-0.05, 0) is 37.3 Å². The van der Waals surface area contributed by atoms with Crippen LogP contribution in [0, 0.1) is 17.6 Å². The van der Waals surface area contributed by atoms with Crippen molar-refractivity contribution >= 4 is 11.8 Å². The van der Waals surface area contributed by atoms with E-state index in [1.165, 1.54) is 11.0 Å². The van der Waals surface area contributed by atoms with Crippen molar-refractivity contribution in [3.05, 3.63) is 35.4 Å². The first-order valence-electron chi connectivity index (χ1n) is 8.66. The van der Waals surface area contributed by atoms with E-state index in [-0.39, 0.29) is 24.5 Å². The van der Waals surface area contributed by atoms with Gasteiger partial charge >= 0.3 is 0 Å². The summed E-state index contributed by atoms with van der Waals surface area (Å²) in [5.74, 6) is -2.16. The molecule has 136 valence electrons. The van der Waals surface area contributed by atoms with Gasteiger partial charge in [0, 0.05) is 38.7 Å². The molecule has 1 N–H and O–H groups in total. The Labute approximate surface area is 145 Å². The molecule has 25 heavy (non-hydrogen) atoms. The number of nitrogens with zero attached hydrogens (tertiary/aromatic N) is 2. The smallest absolute Gasteiger partial charge is 0.259 e. The molecule has 2 atom stereocenters. The molecule has 0 aliphatic carbocycles. The average molecular weight is 352 g/mol. The van der Waals surface area contributed by atoms with Gasteiger partial charge in [-0.3, -0.25) is 9.59 Å². The lowest BCUT2D eigenvalue weighted by Gasteiger charge is -2.47. The molecule has 0 spiro atoms. The molecule has 7 heteroatoms. The quantitative estimate of drug-likeness (QED) is 0.899. The molecular weight excluding hydrogens is 330 g/mol. The molecule has 5 nitrogen and oxygen atoms in total. The topological polar surface area (TPSA) is 60.9 Å². The van der Waals surface area contributed by atoms with Crippen molar-refractivity contribution in [3.63, 3.8) is 0 Å². The number of halogens is 2. The molecule has 2 fully saturated rings. The maximum atomic E-state index is 13.9. The summed E-state index contributed by atoms with van der Waals surface area (Å²) in [6, 6.07) is 3.43. The average Bonchev–Trinajstić information content (AvgIpc) is 2.60. The minimum absolute atomic E-state index is 0.0261. The van der Waals surface area contributed by atoms with Crippen LogP contribution in [-0.4, -0.2) is 59.0 Å². The van der Waals surface area contributed by atoms with Gasteiger partial charge in [0.15, 0.2) is 0 Å². The largest absolute Gasteiger partial charge is 0.396 e. The first-order chi connectivity index (χ1) is 12.0. The first kappa shape index (κ1) is 17.8. The minimum Gasteiger partial charge on any atom is -0.396 e. The Bertz CT molecular complexity index is 647. The summed E-state index contributed by atoms with van der Waals surface area (Å²) in [6.45, 7) is 1.28. The highest BCUT2D eigenvalue weighted by atomic mass is 19.1. The fraction of sp³-hybridized carbons (Fsp3) is 0.556. The van der Waals surface area contributed by atoms with Crippen LogP contribution in [0.25, 0.3) is 0 Å².